The molecule has 5 nitrogen and oxygen atoms in total. The third-order valence-electron chi connectivity index (χ3n) is 4.77. The van der Waals surface area contributed by atoms with Gasteiger partial charge in [0.15, 0.2) is 5.60 Å². The fraction of sp³-hybridized carbons (Fsp3) is 0.250. The maximum atomic E-state index is 12.8. The Hall–Kier alpha value is -2.81. The number of epoxide rings is 1. The van der Waals surface area contributed by atoms with Crippen molar-refractivity contribution in [3.63, 3.8) is 0 Å². The Morgan fingerprint density at radius 1 is 1.28 bits per heavy atom. The van der Waals surface area contributed by atoms with Crippen LogP contribution >= 0.6 is 0 Å². The highest BCUT2D eigenvalue weighted by atomic mass is 16.6. The van der Waals surface area contributed by atoms with E-state index in [1.54, 1.807) is 37.3 Å². The fourth-order valence-electron chi connectivity index (χ4n) is 3.56. The molecule has 1 saturated heterocycles. The number of rotatable bonds is 2. The molecule has 2 aliphatic rings. The molecule has 0 radical (unpaired) electrons. The second kappa shape index (κ2) is 5.62. The highest BCUT2D eigenvalue weighted by Crippen LogP contribution is 2.58. The minimum absolute atomic E-state index is 0.435. The summed E-state index contributed by atoms with van der Waals surface area (Å²) in [5.74, 6) is 3.06. The van der Waals surface area contributed by atoms with E-state index < -0.39 is 29.9 Å². The number of para-hydroxylation sites is 2. The molecule has 4 atom stereocenters. The maximum absolute atomic E-state index is 12.8. The zero-order valence-corrected chi connectivity index (χ0v) is 13.6. The fourth-order valence-corrected chi connectivity index (χ4v) is 3.56. The predicted octanol–water partition coefficient (Wildman–Crippen LogP) is 2.68. The number of carbonyl (C=O) groups excluding carboxylic acids is 1. The number of nitrogens with zero attached hydrogens (tertiary/aromatic N) is 1. The SMILES string of the molecule is C#C[C@H]1[C@@H]2O[C@]2(C(C)O)c2ccccc2N1C(=O)Oc1ccccc1. The third kappa shape index (κ3) is 2.23. The summed E-state index contributed by atoms with van der Waals surface area (Å²) >= 11 is 0. The van der Waals surface area contributed by atoms with Crippen LogP contribution in [0.4, 0.5) is 10.5 Å². The highest BCUT2D eigenvalue weighted by molar-refractivity contribution is 5.93. The lowest BCUT2D eigenvalue weighted by molar-refractivity contribution is 0.0888. The second-order valence-corrected chi connectivity index (χ2v) is 6.19. The molecule has 1 unspecified atom stereocenters. The molecule has 2 aromatic rings. The number of hydrogen-bond acceptors (Lipinski definition) is 4. The Morgan fingerprint density at radius 3 is 2.64 bits per heavy atom. The summed E-state index contributed by atoms with van der Waals surface area (Å²) in [7, 11) is 0. The number of carbonyl (C=O) groups is 1. The number of amides is 1. The number of hydrogen-bond donors (Lipinski definition) is 1. The molecule has 0 aromatic heterocycles. The zero-order valence-electron chi connectivity index (χ0n) is 13.6. The summed E-state index contributed by atoms with van der Waals surface area (Å²) in [6.07, 6.45) is 3.91. The van der Waals surface area contributed by atoms with Crippen LogP contribution in [-0.4, -0.2) is 29.4 Å². The van der Waals surface area contributed by atoms with E-state index in [4.69, 9.17) is 15.9 Å². The van der Waals surface area contributed by atoms with E-state index in [9.17, 15) is 9.90 Å². The molecule has 1 amide bonds. The second-order valence-electron chi connectivity index (χ2n) is 6.19. The first-order chi connectivity index (χ1) is 12.1. The van der Waals surface area contributed by atoms with Gasteiger partial charge >= 0.3 is 6.09 Å². The average molecular weight is 335 g/mol. The quantitative estimate of drug-likeness (QED) is 0.677. The van der Waals surface area contributed by atoms with Gasteiger partial charge in [0.2, 0.25) is 0 Å². The zero-order chi connectivity index (χ0) is 17.6. The first-order valence-corrected chi connectivity index (χ1v) is 8.07. The molecule has 4 rings (SSSR count). The van der Waals surface area contributed by atoms with Crippen molar-refractivity contribution in [2.24, 2.45) is 0 Å². The summed E-state index contributed by atoms with van der Waals surface area (Å²) in [6, 6.07) is 15.5. The summed E-state index contributed by atoms with van der Waals surface area (Å²) in [6.45, 7) is 1.67. The summed E-state index contributed by atoms with van der Waals surface area (Å²) < 4.78 is 11.3. The summed E-state index contributed by atoms with van der Waals surface area (Å²) in [5, 5.41) is 10.3. The van der Waals surface area contributed by atoms with E-state index >= 15 is 0 Å². The van der Waals surface area contributed by atoms with E-state index in [2.05, 4.69) is 5.92 Å². The average Bonchev–Trinajstić information content (AvgIpc) is 3.38. The van der Waals surface area contributed by atoms with E-state index in [0.29, 0.717) is 11.4 Å². The van der Waals surface area contributed by atoms with Gasteiger partial charge in [-0.1, -0.05) is 42.3 Å². The molecule has 0 aliphatic carbocycles. The van der Waals surface area contributed by atoms with Crippen molar-refractivity contribution in [1.82, 2.24) is 0 Å². The molecule has 126 valence electrons. The Labute approximate surface area is 145 Å². The molecule has 0 saturated carbocycles. The van der Waals surface area contributed by atoms with Gasteiger partial charge in [0.05, 0.1) is 11.8 Å². The minimum atomic E-state index is -0.864. The van der Waals surface area contributed by atoms with Crippen LogP contribution in [0.1, 0.15) is 12.5 Å². The van der Waals surface area contributed by atoms with Crippen LogP contribution < -0.4 is 9.64 Å². The lowest BCUT2D eigenvalue weighted by atomic mass is 9.82. The van der Waals surface area contributed by atoms with Gasteiger partial charge in [-0.05, 0) is 25.1 Å². The summed E-state index contributed by atoms with van der Waals surface area (Å²) in [5.41, 5.74) is 0.476. The maximum Gasteiger partial charge on any atom is 0.420 e. The number of terminal acetylenes is 1. The molecule has 0 spiro atoms. The Morgan fingerprint density at radius 2 is 1.96 bits per heavy atom. The van der Waals surface area contributed by atoms with Crippen LogP contribution in [0.2, 0.25) is 0 Å². The van der Waals surface area contributed by atoms with Crippen molar-refractivity contribution in [1.29, 1.82) is 0 Å². The van der Waals surface area contributed by atoms with Crippen molar-refractivity contribution in [3.05, 3.63) is 60.2 Å². The summed E-state index contributed by atoms with van der Waals surface area (Å²) in [4.78, 5) is 14.3. The van der Waals surface area contributed by atoms with Crippen LogP contribution in [0.25, 0.3) is 0 Å². The normalized spacial score (nSPS) is 27.5. The highest BCUT2D eigenvalue weighted by Gasteiger charge is 2.69. The lowest BCUT2D eigenvalue weighted by Gasteiger charge is -2.35. The van der Waals surface area contributed by atoms with Crippen molar-refractivity contribution >= 4 is 11.8 Å². The van der Waals surface area contributed by atoms with Crippen LogP contribution in [0.15, 0.2) is 54.6 Å². The molecule has 1 fully saturated rings. The largest absolute Gasteiger partial charge is 0.420 e. The number of aliphatic hydroxyl groups excluding tert-OH is 1. The standard InChI is InChI=1S/C20H17NO4/c1-3-16-18-20(25-18,13(2)22)15-11-7-8-12-17(15)21(16)19(23)24-14-9-5-4-6-10-14/h1,4-13,16,18,22H,2H3/t13?,16-,18-,20+/m0/s1. The van der Waals surface area contributed by atoms with Gasteiger partial charge in [-0.25, -0.2) is 4.79 Å². The molecular formula is C20H17NO4. The first kappa shape index (κ1) is 15.7. The van der Waals surface area contributed by atoms with Gasteiger partial charge in [-0.2, -0.15) is 0 Å². The van der Waals surface area contributed by atoms with Crippen LogP contribution in [-0.2, 0) is 10.3 Å². The lowest BCUT2D eigenvalue weighted by Crippen LogP contribution is -2.51. The molecule has 2 heterocycles. The Bertz CT molecular complexity index is 857. The Balaban J connectivity index is 1.76. The molecule has 5 heteroatoms. The first-order valence-electron chi connectivity index (χ1n) is 8.07. The van der Waals surface area contributed by atoms with E-state index in [0.717, 1.165) is 5.56 Å². The number of anilines is 1. The van der Waals surface area contributed by atoms with Gasteiger partial charge in [0.1, 0.15) is 17.9 Å². The third-order valence-corrected chi connectivity index (χ3v) is 4.77. The van der Waals surface area contributed by atoms with Crippen molar-refractivity contribution < 1.29 is 19.4 Å². The molecular weight excluding hydrogens is 318 g/mol. The predicted molar refractivity (Wildman–Crippen MR) is 92.2 cm³/mol. The van der Waals surface area contributed by atoms with Gasteiger partial charge in [0, 0.05) is 5.56 Å². The van der Waals surface area contributed by atoms with Gasteiger partial charge in [-0.15, -0.1) is 6.42 Å². The van der Waals surface area contributed by atoms with Gasteiger partial charge < -0.3 is 14.6 Å². The van der Waals surface area contributed by atoms with Crippen molar-refractivity contribution in [3.8, 4) is 18.1 Å². The molecule has 25 heavy (non-hydrogen) atoms. The minimum Gasteiger partial charge on any atom is -0.410 e. The topological polar surface area (TPSA) is 62.3 Å². The number of benzene rings is 2. The Kier molecular flexibility index (Phi) is 3.53. The van der Waals surface area contributed by atoms with Crippen LogP contribution in [0.3, 0.4) is 0 Å². The number of ether oxygens (including phenoxy) is 2. The molecule has 2 aromatic carbocycles. The van der Waals surface area contributed by atoms with Gasteiger partial charge in [0.25, 0.3) is 0 Å². The number of fused-ring (bicyclic) bond motifs is 3. The van der Waals surface area contributed by atoms with E-state index in [1.165, 1.54) is 4.90 Å². The monoisotopic (exact) mass is 335 g/mol. The van der Waals surface area contributed by atoms with Crippen molar-refractivity contribution in [2.45, 2.75) is 30.8 Å². The van der Waals surface area contributed by atoms with E-state index in [-0.39, 0.29) is 0 Å². The van der Waals surface area contributed by atoms with Gasteiger partial charge in [-0.3, -0.25) is 4.90 Å². The smallest absolute Gasteiger partial charge is 0.410 e. The number of aliphatic hydroxyl groups is 1. The molecule has 1 N–H and O–H groups in total. The van der Waals surface area contributed by atoms with Crippen molar-refractivity contribution in [2.75, 3.05) is 4.90 Å². The van der Waals surface area contributed by atoms with E-state index in [1.807, 2.05) is 24.3 Å². The molecule has 2 aliphatic heterocycles. The van der Waals surface area contributed by atoms with Crippen LogP contribution in [0.5, 0.6) is 5.75 Å². The molecule has 0 bridgehead atoms. The van der Waals surface area contributed by atoms with Crippen LogP contribution in [0, 0.1) is 12.3 Å².